The molecule has 0 radical (unpaired) electrons. The van der Waals surface area contributed by atoms with E-state index in [1.54, 1.807) is 7.11 Å². The Morgan fingerprint density at radius 2 is 2.20 bits per heavy atom. The molecule has 0 spiro atoms. The Labute approximate surface area is 117 Å². The molecule has 3 heterocycles. The molecule has 0 aliphatic carbocycles. The average molecular weight is 270 g/mol. The summed E-state index contributed by atoms with van der Waals surface area (Å²) in [5.74, 6) is 0.404. The monoisotopic (exact) mass is 270 g/mol. The highest BCUT2D eigenvalue weighted by Crippen LogP contribution is 2.28. The fraction of sp³-hybridized carbons (Fsp3) is 0.333. The van der Waals surface area contributed by atoms with Crippen molar-refractivity contribution in [3.63, 3.8) is 0 Å². The third-order valence-corrected chi connectivity index (χ3v) is 3.43. The van der Waals surface area contributed by atoms with E-state index in [-0.39, 0.29) is 0 Å². The van der Waals surface area contributed by atoms with Gasteiger partial charge in [-0.3, -0.25) is 5.10 Å². The molecule has 3 aromatic rings. The summed E-state index contributed by atoms with van der Waals surface area (Å²) in [5, 5.41) is 8.34. The van der Waals surface area contributed by atoms with Crippen molar-refractivity contribution < 1.29 is 4.74 Å². The summed E-state index contributed by atoms with van der Waals surface area (Å²) in [4.78, 5) is 4.56. The highest BCUT2D eigenvalue weighted by Gasteiger charge is 2.12. The first-order valence-corrected chi connectivity index (χ1v) is 6.68. The van der Waals surface area contributed by atoms with Crippen LogP contribution in [0.5, 0.6) is 0 Å². The normalized spacial score (nSPS) is 11.6. The number of pyridine rings is 1. The SMILES string of the molecule is COCn1ccc2cc(-c3cn[nH]c3C(C)C)cnc21. The van der Waals surface area contributed by atoms with Gasteiger partial charge in [0.15, 0.2) is 0 Å². The van der Waals surface area contributed by atoms with Crippen LogP contribution in [-0.4, -0.2) is 26.9 Å². The molecule has 0 amide bonds. The highest BCUT2D eigenvalue weighted by molar-refractivity contribution is 5.82. The van der Waals surface area contributed by atoms with Crippen LogP contribution in [0.25, 0.3) is 22.2 Å². The van der Waals surface area contributed by atoms with Crippen LogP contribution < -0.4 is 0 Å². The summed E-state index contributed by atoms with van der Waals surface area (Å²) >= 11 is 0. The molecule has 3 aromatic heterocycles. The van der Waals surface area contributed by atoms with Crippen LogP contribution in [0.15, 0.2) is 30.7 Å². The van der Waals surface area contributed by atoms with Crippen molar-refractivity contribution in [2.45, 2.75) is 26.5 Å². The molecular formula is C15H18N4O. The van der Waals surface area contributed by atoms with Crippen LogP contribution >= 0.6 is 0 Å². The minimum absolute atomic E-state index is 0.404. The molecule has 0 aliphatic heterocycles. The van der Waals surface area contributed by atoms with Crippen molar-refractivity contribution in [1.29, 1.82) is 0 Å². The number of aromatic nitrogens is 4. The smallest absolute Gasteiger partial charge is 0.141 e. The Hall–Kier alpha value is -2.14. The molecule has 0 saturated heterocycles. The maximum absolute atomic E-state index is 5.16. The van der Waals surface area contributed by atoms with E-state index < -0.39 is 0 Å². The van der Waals surface area contributed by atoms with Crippen LogP contribution in [0.4, 0.5) is 0 Å². The van der Waals surface area contributed by atoms with Gasteiger partial charge in [0.25, 0.3) is 0 Å². The minimum atomic E-state index is 0.404. The predicted octanol–water partition coefficient (Wildman–Crippen LogP) is 3.15. The Kier molecular flexibility index (Phi) is 3.28. The summed E-state index contributed by atoms with van der Waals surface area (Å²) in [7, 11) is 1.68. The first kappa shape index (κ1) is 12.9. The Bertz CT molecular complexity index is 726. The van der Waals surface area contributed by atoms with Crippen molar-refractivity contribution in [1.82, 2.24) is 19.7 Å². The number of hydrogen-bond donors (Lipinski definition) is 1. The number of nitrogens with one attached hydrogen (secondary N) is 1. The first-order chi connectivity index (χ1) is 9.70. The van der Waals surface area contributed by atoms with Crippen molar-refractivity contribution in [2.24, 2.45) is 0 Å². The lowest BCUT2D eigenvalue weighted by Crippen LogP contribution is -1.99. The van der Waals surface area contributed by atoms with Crippen LogP contribution in [-0.2, 0) is 11.5 Å². The number of rotatable bonds is 4. The summed E-state index contributed by atoms with van der Waals surface area (Å²) in [6.45, 7) is 4.81. The summed E-state index contributed by atoms with van der Waals surface area (Å²) in [6.07, 6.45) is 5.75. The number of fused-ring (bicyclic) bond motifs is 1. The lowest BCUT2D eigenvalue weighted by molar-refractivity contribution is 0.134. The fourth-order valence-electron chi connectivity index (χ4n) is 2.43. The van der Waals surface area contributed by atoms with Crippen molar-refractivity contribution in [2.75, 3.05) is 7.11 Å². The van der Waals surface area contributed by atoms with Crippen LogP contribution in [0.3, 0.4) is 0 Å². The largest absolute Gasteiger partial charge is 0.364 e. The Morgan fingerprint density at radius 1 is 1.35 bits per heavy atom. The lowest BCUT2D eigenvalue weighted by atomic mass is 10.0. The van der Waals surface area contributed by atoms with Gasteiger partial charge in [0.05, 0.1) is 6.20 Å². The second kappa shape index (κ2) is 5.09. The second-order valence-corrected chi connectivity index (χ2v) is 5.19. The van der Waals surface area contributed by atoms with Gasteiger partial charge in [-0.1, -0.05) is 13.8 Å². The van der Waals surface area contributed by atoms with E-state index in [4.69, 9.17) is 4.74 Å². The fourth-order valence-corrected chi connectivity index (χ4v) is 2.43. The average Bonchev–Trinajstić information content (AvgIpc) is 3.05. The van der Waals surface area contributed by atoms with E-state index in [1.807, 2.05) is 23.2 Å². The molecule has 5 heteroatoms. The molecule has 0 aromatic carbocycles. The molecule has 0 saturated carbocycles. The number of H-pyrrole nitrogens is 1. The van der Waals surface area contributed by atoms with Gasteiger partial charge in [0.1, 0.15) is 12.4 Å². The van der Waals surface area contributed by atoms with Gasteiger partial charge in [-0.2, -0.15) is 5.10 Å². The maximum atomic E-state index is 5.16. The van der Waals surface area contributed by atoms with Gasteiger partial charge in [0, 0.05) is 41.7 Å². The zero-order valence-electron chi connectivity index (χ0n) is 11.9. The van der Waals surface area contributed by atoms with E-state index >= 15 is 0 Å². The first-order valence-electron chi connectivity index (χ1n) is 6.68. The Morgan fingerprint density at radius 3 is 2.95 bits per heavy atom. The second-order valence-electron chi connectivity index (χ2n) is 5.19. The van der Waals surface area contributed by atoms with E-state index in [1.165, 1.54) is 0 Å². The maximum Gasteiger partial charge on any atom is 0.141 e. The number of aromatic amines is 1. The third-order valence-electron chi connectivity index (χ3n) is 3.43. The zero-order valence-corrected chi connectivity index (χ0v) is 11.9. The molecule has 1 N–H and O–H groups in total. The topological polar surface area (TPSA) is 55.7 Å². The van der Waals surface area contributed by atoms with Gasteiger partial charge >= 0.3 is 0 Å². The zero-order chi connectivity index (χ0) is 14.1. The molecule has 0 bridgehead atoms. The van der Waals surface area contributed by atoms with Gasteiger partial charge < -0.3 is 9.30 Å². The number of hydrogen-bond acceptors (Lipinski definition) is 3. The molecule has 5 nitrogen and oxygen atoms in total. The minimum Gasteiger partial charge on any atom is -0.364 e. The molecular weight excluding hydrogens is 252 g/mol. The summed E-state index contributed by atoms with van der Waals surface area (Å²) in [5.41, 5.74) is 4.28. The van der Waals surface area contributed by atoms with E-state index in [2.05, 4.69) is 41.2 Å². The summed E-state index contributed by atoms with van der Waals surface area (Å²) in [6, 6.07) is 4.20. The van der Waals surface area contributed by atoms with Gasteiger partial charge in [0.2, 0.25) is 0 Å². The van der Waals surface area contributed by atoms with Crippen molar-refractivity contribution >= 4 is 11.0 Å². The Balaban J connectivity index is 2.07. The quantitative estimate of drug-likeness (QED) is 0.792. The van der Waals surface area contributed by atoms with E-state index in [0.717, 1.165) is 27.9 Å². The predicted molar refractivity (Wildman–Crippen MR) is 78.4 cm³/mol. The van der Waals surface area contributed by atoms with E-state index in [9.17, 15) is 0 Å². The van der Waals surface area contributed by atoms with Crippen molar-refractivity contribution in [3.8, 4) is 11.1 Å². The van der Waals surface area contributed by atoms with Crippen LogP contribution in [0.2, 0.25) is 0 Å². The molecule has 0 atom stereocenters. The number of ether oxygens (including phenoxy) is 1. The molecule has 0 aliphatic rings. The third kappa shape index (κ3) is 2.10. The van der Waals surface area contributed by atoms with Gasteiger partial charge in [-0.25, -0.2) is 4.98 Å². The van der Waals surface area contributed by atoms with Crippen LogP contribution in [0.1, 0.15) is 25.5 Å². The number of nitrogens with zero attached hydrogens (tertiary/aromatic N) is 3. The molecule has 3 rings (SSSR count). The van der Waals surface area contributed by atoms with E-state index in [0.29, 0.717) is 12.6 Å². The lowest BCUT2D eigenvalue weighted by Gasteiger charge is -2.07. The summed E-state index contributed by atoms with van der Waals surface area (Å²) < 4.78 is 7.14. The molecule has 0 fully saturated rings. The van der Waals surface area contributed by atoms with Gasteiger partial charge in [-0.15, -0.1) is 0 Å². The van der Waals surface area contributed by atoms with Crippen LogP contribution in [0, 0.1) is 0 Å². The molecule has 104 valence electrons. The highest BCUT2D eigenvalue weighted by atomic mass is 16.5. The molecule has 0 unspecified atom stereocenters. The molecule has 20 heavy (non-hydrogen) atoms. The van der Waals surface area contributed by atoms with Crippen molar-refractivity contribution in [3.05, 3.63) is 36.4 Å². The number of methoxy groups -OCH3 is 1. The standard InChI is InChI=1S/C15H18N4O/c1-10(2)14-13(8-17-18-14)12-6-11-4-5-19(9-20-3)15(11)16-7-12/h4-8,10H,9H2,1-3H3,(H,17,18). The van der Waals surface area contributed by atoms with Gasteiger partial charge in [-0.05, 0) is 18.1 Å².